The number of ether oxygens (including phenoxy) is 2. The Kier molecular flexibility index (Phi) is 7.50. The molecule has 3 aromatic rings. The van der Waals surface area contributed by atoms with Gasteiger partial charge >= 0.3 is 5.69 Å². The summed E-state index contributed by atoms with van der Waals surface area (Å²) in [5.41, 5.74) is 7.56. The number of nitrogens with zero attached hydrogens (tertiary/aromatic N) is 2. The van der Waals surface area contributed by atoms with E-state index in [-0.39, 0.29) is 18.1 Å². The van der Waals surface area contributed by atoms with Crippen molar-refractivity contribution in [1.29, 1.82) is 0 Å². The molecule has 0 saturated carbocycles. The number of benzene rings is 2. The Labute approximate surface area is 180 Å². The third kappa shape index (κ3) is 5.76. The van der Waals surface area contributed by atoms with E-state index in [0.717, 1.165) is 16.9 Å². The number of nitrogens with two attached hydrogens (primary N) is 1. The molecule has 0 aliphatic carbocycles. The van der Waals surface area contributed by atoms with Crippen molar-refractivity contribution in [2.75, 3.05) is 37.5 Å². The maximum atomic E-state index is 12.7. The van der Waals surface area contributed by atoms with Gasteiger partial charge in [-0.25, -0.2) is 4.79 Å². The van der Waals surface area contributed by atoms with Crippen LogP contribution in [-0.4, -0.2) is 36.4 Å². The van der Waals surface area contributed by atoms with Gasteiger partial charge in [-0.15, -0.1) is 0 Å². The minimum atomic E-state index is -0.557. The number of aromatic amines is 1. The van der Waals surface area contributed by atoms with Crippen LogP contribution in [0.5, 0.6) is 5.75 Å². The molecule has 0 radical (unpaired) electrons. The van der Waals surface area contributed by atoms with E-state index >= 15 is 0 Å². The van der Waals surface area contributed by atoms with Crippen LogP contribution < -0.4 is 26.6 Å². The van der Waals surface area contributed by atoms with Crippen LogP contribution in [0.15, 0.2) is 64.2 Å². The van der Waals surface area contributed by atoms with Crippen molar-refractivity contribution in [2.45, 2.75) is 20.0 Å². The van der Waals surface area contributed by atoms with Gasteiger partial charge in [-0.3, -0.25) is 14.3 Å². The molecule has 0 aliphatic rings. The first-order valence-corrected chi connectivity index (χ1v) is 10.1. The Hall–Kier alpha value is -3.52. The number of aromatic nitrogens is 2. The second kappa shape index (κ2) is 10.5. The topological polar surface area (TPSA) is 103 Å². The van der Waals surface area contributed by atoms with Gasteiger partial charge in [0.2, 0.25) is 0 Å². The number of nitrogens with one attached hydrogen (secondary N) is 1. The molecule has 1 heterocycles. The lowest BCUT2D eigenvalue weighted by Crippen LogP contribution is -2.40. The minimum absolute atomic E-state index is 0.109. The van der Waals surface area contributed by atoms with Crippen molar-refractivity contribution < 1.29 is 9.47 Å². The van der Waals surface area contributed by atoms with E-state index in [4.69, 9.17) is 15.2 Å². The van der Waals surface area contributed by atoms with Crippen molar-refractivity contribution in [3.05, 3.63) is 86.6 Å². The number of aryl methyl sites for hydroxylation is 1. The number of rotatable bonds is 10. The number of hydrogen-bond acceptors (Lipinski definition) is 6. The first-order valence-electron chi connectivity index (χ1n) is 10.1. The number of methoxy groups -OCH3 is 1. The Morgan fingerprint density at radius 2 is 1.84 bits per heavy atom. The first kappa shape index (κ1) is 22.2. The molecule has 1 aromatic heterocycles. The molecule has 2 aromatic carbocycles. The lowest BCUT2D eigenvalue weighted by Gasteiger charge is -2.26. The Morgan fingerprint density at radius 3 is 2.55 bits per heavy atom. The molecule has 0 spiro atoms. The van der Waals surface area contributed by atoms with Crippen LogP contribution in [0, 0.1) is 6.92 Å². The standard InChI is InChI=1S/C23H28N4O4/c1-17-7-6-10-19(15-17)31-14-11-26(16-18-8-4-3-5-9-18)20-21(24)27(12-13-30-2)23(29)25-22(20)28/h3-10,15H,11-14,16,24H2,1-2H3,(H,25,28,29). The van der Waals surface area contributed by atoms with E-state index in [1.54, 1.807) is 0 Å². The van der Waals surface area contributed by atoms with Gasteiger partial charge in [0.1, 0.15) is 23.9 Å². The van der Waals surface area contributed by atoms with Crippen LogP contribution in [0.2, 0.25) is 0 Å². The highest BCUT2D eigenvalue weighted by atomic mass is 16.5. The van der Waals surface area contributed by atoms with Crippen LogP contribution in [0.25, 0.3) is 0 Å². The highest BCUT2D eigenvalue weighted by molar-refractivity contribution is 5.62. The number of H-pyrrole nitrogens is 1. The van der Waals surface area contributed by atoms with Gasteiger partial charge in [-0.05, 0) is 30.2 Å². The average molecular weight is 425 g/mol. The normalized spacial score (nSPS) is 10.8. The smallest absolute Gasteiger partial charge is 0.330 e. The van der Waals surface area contributed by atoms with Crippen molar-refractivity contribution in [3.8, 4) is 5.75 Å². The quantitative estimate of drug-likeness (QED) is 0.517. The second-order valence-electron chi connectivity index (χ2n) is 7.21. The van der Waals surface area contributed by atoms with E-state index in [2.05, 4.69) is 4.98 Å². The van der Waals surface area contributed by atoms with Gasteiger partial charge < -0.3 is 20.1 Å². The molecule has 8 heteroatoms. The number of anilines is 2. The lowest BCUT2D eigenvalue weighted by atomic mass is 10.2. The maximum absolute atomic E-state index is 12.7. The Balaban J connectivity index is 1.90. The fraction of sp³-hybridized carbons (Fsp3) is 0.304. The molecule has 8 nitrogen and oxygen atoms in total. The molecule has 164 valence electrons. The van der Waals surface area contributed by atoms with E-state index in [1.807, 2.05) is 66.4 Å². The summed E-state index contributed by atoms with van der Waals surface area (Å²) in [5, 5.41) is 0. The van der Waals surface area contributed by atoms with E-state index in [0.29, 0.717) is 26.3 Å². The molecule has 0 amide bonds. The molecule has 0 fully saturated rings. The predicted octanol–water partition coefficient (Wildman–Crippen LogP) is 2.16. The highest BCUT2D eigenvalue weighted by Crippen LogP contribution is 2.20. The van der Waals surface area contributed by atoms with Crippen molar-refractivity contribution >= 4 is 11.5 Å². The fourth-order valence-corrected chi connectivity index (χ4v) is 3.34. The zero-order chi connectivity index (χ0) is 22.2. The summed E-state index contributed by atoms with van der Waals surface area (Å²) in [6, 6.07) is 17.5. The molecule has 31 heavy (non-hydrogen) atoms. The monoisotopic (exact) mass is 424 g/mol. The molecule has 0 saturated heterocycles. The Morgan fingerprint density at radius 1 is 1.06 bits per heavy atom. The largest absolute Gasteiger partial charge is 0.492 e. The van der Waals surface area contributed by atoms with Gasteiger partial charge in [0.25, 0.3) is 5.56 Å². The maximum Gasteiger partial charge on any atom is 0.330 e. The van der Waals surface area contributed by atoms with Crippen LogP contribution in [0.4, 0.5) is 11.5 Å². The second-order valence-corrected chi connectivity index (χ2v) is 7.21. The lowest BCUT2D eigenvalue weighted by molar-refractivity contribution is 0.186. The van der Waals surface area contributed by atoms with Gasteiger partial charge in [0.15, 0.2) is 0 Å². The van der Waals surface area contributed by atoms with E-state index in [1.165, 1.54) is 11.7 Å². The third-order valence-electron chi connectivity index (χ3n) is 4.89. The van der Waals surface area contributed by atoms with E-state index < -0.39 is 11.2 Å². The summed E-state index contributed by atoms with van der Waals surface area (Å²) in [6.07, 6.45) is 0. The zero-order valence-electron chi connectivity index (χ0n) is 17.8. The van der Waals surface area contributed by atoms with Crippen molar-refractivity contribution in [3.63, 3.8) is 0 Å². The molecule has 0 bridgehead atoms. The SMILES string of the molecule is COCCn1c(N)c(N(CCOc2cccc(C)c2)Cc2ccccc2)c(=O)[nH]c1=O. The van der Waals surface area contributed by atoms with Crippen LogP contribution in [-0.2, 0) is 17.8 Å². The van der Waals surface area contributed by atoms with Crippen molar-refractivity contribution in [2.24, 2.45) is 0 Å². The molecule has 0 unspecified atom stereocenters. The van der Waals surface area contributed by atoms with E-state index in [9.17, 15) is 9.59 Å². The van der Waals surface area contributed by atoms with Gasteiger partial charge in [-0.2, -0.15) is 0 Å². The molecular weight excluding hydrogens is 396 g/mol. The summed E-state index contributed by atoms with van der Waals surface area (Å²) < 4.78 is 12.3. The molecule has 3 N–H and O–H groups in total. The summed E-state index contributed by atoms with van der Waals surface area (Å²) >= 11 is 0. The fourth-order valence-electron chi connectivity index (χ4n) is 3.34. The van der Waals surface area contributed by atoms with Gasteiger partial charge in [0, 0.05) is 13.7 Å². The van der Waals surface area contributed by atoms with Crippen LogP contribution in [0.1, 0.15) is 11.1 Å². The van der Waals surface area contributed by atoms with Crippen LogP contribution in [0.3, 0.4) is 0 Å². The molecule has 3 rings (SSSR count). The minimum Gasteiger partial charge on any atom is -0.492 e. The van der Waals surface area contributed by atoms with Crippen molar-refractivity contribution in [1.82, 2.24) is 9.55 Å². The zero-order valence-corrected chi connectivity index (χ0v) is 17.8. The summed E-state index contributed by atoms with van der Waals surface area (Å²) in [6.45, 7) is 3.71. The van der Waals surface area contributed by atoms with Gasteiger partial charge in [0.05, 0.1) is 19.7 Å². The molecule has 0 aliphatic heterocycles. The number of nitrogen functional groups attached to an aromatic ring is 1. The predicted molar refractivity (Wildman–Crippen MR) is 122 cm³/mol. The third-order valence-corrected chi connectivity index (χ3v) is 4.89. The summed E-state index contributed by atoms with van der Waals surface area (Å²) in [5.74, 6) is 0.865. The van der Waals surface area contributed by atoms with Crippen LogP contribution >= 0.6 is 0 Å². The number of hydrogen-bond donors (Lipinski definition) is 2. The molecular formula is C23H28N4O4. The highest BCUT2D eigenvalue weighted by Gasteiger charge is 2.19. The summed E-state index contributed by atoms with van der Waals surface area (Å²) in [4.78, 5) is 29.2. The summed E-state index contributed by atoms with van der Waals surface area (Å²) in [7, 11) is 1.54. The molecule has 0 atom stereocenters. The average Bonchev–Trinajstić information content (AvgIpc) is 2.74. The van der Waals surface area contributed by atoms with Gasteiger partial charge in [-0.1, -0.05) is 42.5 Å². The Bertz CT molecular complexity index is 1110. The first-order chi connectivity index (χ1) is 15.0.